The summed E-state index contributed by atoms with van der Waals surface area (Å²) in [5.74, 6) is 0.0660. The van der Waals surface area contributed by atoms with Gasteiger partial charge in [0.05, 0.1) is 12.0 Å². The molecule has 1 aromatic carbocycles. The van der Waals surface area contributed by atoms with Crippen LogP contribution in [0.1, 0.15) is 5.56 Å². The highest BCUT2D eigenvalue weighted by atomic mass is 35.5. The van der Waals surface area contributed by atoms with E-state index in [0.717, 1.165) is 0 Å². The zero-order valence-corrected chi connectivity index (χ0v) is 11.8. The van der Waals surface area contributed by atoms with Gasteiger partial charge in [0.15, 0.2) is 0 Å². The van der Waals surface area contributed by atoms with Gasteiger partial charge in [0, 0.05) is 7.05 Å². The fraction of sp³-hybridized carbons (Fsp3) is 0.182. The van der Waals surface area contributed by atoms with Crippen LogP contribution in [0.25, 0.3) is 0 Å². The molecule has 0 radical (unpaired) electrons. The van der Waals surface area contributed by atoms with Crippen LogP contribution in [0.15, 0.2) is 29.6 Å². The number of benzene rings is 1. The third-order valence-corrected chi connectivity index (χ3v) is 4.40. The lowest BCUT2D eigenvalue weighted by atomic mass is 10.2. The lowest BCUT2D eigenvalue weighted by Gasteiger charge is -2.09. The first-order valence-corrected chi connectivity index (χ1v) is 7.16. The van der Waals surface area contributed by atoms with Gasteiger partial charge in [-0.3, -0.25) is 4.72 Å². The van der Waals surface area contributed by atoms with E-state index in [2.05, 4.69) is 9.71 Å². The second-order valence-corrected chi connectivity index (χ2v) is 6.01. The zero-order valence-electron chi connectivity index (χ0n) is 10.3. The molecule has 19 heavy (non-hydrogen) atoms. The smallest absolute Gasteiger partial charge is 0.282 e. The molecule has 102 valence electrons. The average molecular weight is 302 g/mol. The molecule has 0 saturated heterocycles. The van der Waals surface area contributed by atoms with E-state index in [9.17, 15) is 13.5 Å². The summed E-state index contributed by atoms with van der Waals surface area (Å²) in [6.45, 7) is 1.68. The number of rotatable bonds is 3. The summed E-state index contributed by atoms with van der Waals surface area (Å²) in [6.07, 6.45) is 1.32. The summed E-state index contributed by atoms with van der Waals surface area (Å²) in [5.41, 5.74) is 0.954. The van der Waals surface area contributed by atoms with Crippen molar-refractivity contribution in [2.45, 2.75) is 11.9 Å². The van der Waals surface area contributed by atoms with Crippen LogP contribution in [0.4, 0.5) is 5.69 Å². The number of halogens is 1. The molecule has 0 aliphatic rings. The van der Waals surface area contributed by atoms with E-state index in [0.29, 0.717) is 11.3 Å². The number of aromatic nitrogens is 2. The summed E-state index contributed by atoms with van der Waals surface area (Å²) >= 11 is 5.87. The van der Waals surface area contributed by atoms with Gasteiger partial charge in [-0.1, -0.05) is 11.6 Å². The van der Waals surface area contributed by atoms with Crippen molar-refractivity contribution in [2.75, 3.05) is 4.72 Å². The number of nitrogens with one attached hydrogen (secondary N) is 1. The Morgan fingerprint density at radius 2 is 2.11 bits per heavy atom. The number of imidazole rings is 1. The van der Waals surface area contributed by atoms with E-state index < -0.39 is 10.0 Å². The molecular formula is C11H12ClN3O3S. The molecular weight excluding hydrogens is 290 g/mol. The Bertz CT molecular complexity index is 725. The Morgan fingerprint density at radius 1 is 1.42 bits per heavy atom. The highest BCUT2D eigenvalue weighted by molar-refractivity contribution is 7.92. The van der Waals surface area contributed by atoms with Crippen molar-refractivity contribution >= 4 is 27.3 Å². The van der Waals surface area contributed by atoms with Gasteiger partial charge in [-0.15, -0.1) is 0 Å². The van der Waals surface area contributed by atoms with Gasteiger partial charge in [-0.25, -0.2) is 4.98 Å². The van der Waals surface area contributed by atoms with Gasteiger partial charge in [0.25, 0.3) is 10.0 Å². The van der Waals surface area contributed by atoms with Crippen LogP contribution in [0.5, 0.6) is 5.75 Å². The van der Waals surface area contributed by atoms with Crippen molar-refractivity contribution < 1.29 is 13.5 Å². The molecule has 2 N–H and O–H groups in total. The highest BCUT2D eigenvalue weighted by Crippen LogP contribution is 2.25. The number of nitrogens with zero attached hydrogens (tertiary/aromatic N) is 2. The van der Waals surface area contributed by atoms with Crippen molar-refractivity contribution in [3.63, 3.8) is 0 Å². The molecule has 0 unspecified atom stereocenters. The Hall–Kier alpha value is -1.73. The molecule has 0 atom stereocenters. The predicted molar refractivity (Wildman–Crippen MR) is 71.9 cm³/mol. The van der Waals surface area contributed by atoms with Crippen molar-refractivity contribution in [3.05, 3.63) is 35.2 Å². The maximum atomic E-state index is 12.1. The van der Waals surface area contributed by atoms with E-state index in [4.69, 9.17) is 11.6 Å². The summed E-state index contributed by atoms with van der Waals surface area (Å²) in [6, 6.07) is 4.32. The molecule has 1 heterocycles. The molecule has 0 spiro atoms. The van der Waals surface area contributed by atoms with Gasteiger partial charge in [-0.05, 0) is 30.7 Å². The van der Waals surface area contributed by atoms with Gasteiger partial charge in [-0.2, -0.15) is 8.42 Å². The Kier molecular flexibility index (Phi) is 3.42. The summed E-state index contributed by atoms with van der Waals surface area (Å²) < 4.78 is 28.1. The molecule has 2 rings (SSSR count). The fourth-order valence-electron chi connectivity index (χ4n) is 1.53. The van der Waals surface area contributed by atoms with E-state index in [-0.39, 0.29) is 15.9 Å². The van der Waals surface area contributed by atoms with Crippen LogP contribution >= 0.6 is 11.6 Å². The Morgan fingerprint density at radius 3 is 2.63 bits per heavy atom. The zero-order chi connectivity index (χ0) is 14.2. The second kappa shape index (κ2) is 4.75. The predicted octanol–water partition coefficient (Wildman–Crippen LogP) is 1.89. The molecule has 0 aliphatic carbocycles. The van der Waals surface area contributed by atoms with Crippen molar-refractivity contribution in [1.29, 1.82) is 0 Å². The van der Waals surface area contributed by atoms with Crippen LogP contribution in [0.2, 0.25) is 5.15 Å². The molecule has 0 aliphatic heterocycles. The van der Waals surface area contributed by atoms with Crippen LogP contribution in [-0.4, -0.2) is 23.1 Å². The molecule has 8 heteroatoms. The van der Waals surface area contributed by atoms with Gasteiger partial charge < -0.3 is 9.67 Å². The van der Waals surface area contributed by atoms with Gasteiger partial charge >= 0.3 is 0 Å². The third-order valence-electron chi connectivity index (χ3n) is 2.54. The first kappa shape index (κ1) is 13.7. The average Bonchev–Trinajstić information content (AvgIpc) is 2.64. The molecule has 1 aromatic heterocycles. The maximum Gasteiger partial charge on any atom is 0.282 e. The van der Waals surface area contributed by atoms with Crippen molar-refractivity contribution in [2.24, 2.45) is 7.05 Å². The van der Waals surface area contributed by atoms with E-state index in [1.54, 1.807) is 14.0 Å². The minimum absolute atomic E-state index is 0.0314. The monoisotopic (exact) mass is 301 g/mol. The molecule has 2 aromatic rings. The number of phenolic OH excluding ortho intramolecular Hbond substituents is 1. The lowest BCUT2D eigenvalue weighted by molar-refractivity contribution is 0.475. The van der Waals surface area contributed by atoms with Crippen LogP contribution in [0, 0.1) is 6.92 Å². The number of aryl methyl sites for hydroxylation is 2. The largest absolute Gasteiger partial charge is 0.508 e. The molecule has 0 amide bonds. The fourth-order valence-corrected chi connectivity index (χ4v) is 3.09. The Balaban J connectivity index is 2.39. The van der Waals surface area contributed by atoms with E-state index in [1.165, 1.54) is 29.1 Å². The number of hydrogen-bond donors (Lipinski definition) is 2. The van der Waals surface area contributed by atoms with Crippen LogP contribution in [-0.2, 0) is 17.1 Å². The summed E-state index contributed by atoms with van der Waals surface area (Å²) in [5, 5.41) is 9.09. The number of anilines is 1. The Labute approximate surface area is 115 Å². The highest BCUT2D eigenvalue weighted by Gasteiger charge is 2.22. The lowest BCUT2D eigenvalue weighted by Crippen LogP contribution is -2.14. The quantitative estimate of drug-likeness (QED) is 0.848. The van der Waals surface area contributed by atoms with Crippen molar-refractivity contribution in [1.82, 2.24) is 9.55 Å². The molecule has 0 bridgehead atoms. The SMILES string of the molecule is Cc1cc(O)ccc1NS(=O)(=O)c1ncn(C)c1Cl. The number of hydrogen-bond acceptors (Lipinski definition) is 4. The van der Waals surface area contributed by atoms with Gasteiger partial charge in [0.2, 0.25) is 5.03 Å². The molecule has 0 saturated carbocycles. The number of sulfonamides is 1. The topological polar surface area (TPSA) is 84.2 Å². The minimum Gasteiger partial charge on any atom is -0.508 e. The summed E-state index contributed by atoms with van der Waals surface area (Å²) in [7, 11) is -2.26. The molecule has 6 nitrogen and oxygen atoms in total. The summed E-state index contributed by atoms with van der Waals surface area (Å²) in [4.78, 5) is 3.76. The number of phenols is 1. The maximum absolute atomic E-state index is 12.1. The molecule has 0 fully saturated rings. The number of aromatic hydroxyl groups is 1. The first-order valence-electron chi connectivity index (χ1n) is 5.30. The van der Waals surface area contributed by atoms with Gasteiger partial charge in [0.1, 0.15) is 10.9 Å². The third kappa shape index (κ3) is 2.66. The standard InChI is InChI=1S/C11H12ClN3O3S/c1-7-5-8(16)3-4-9(7)14-19(17,18)11-10(12)15(2)6-13-11/h3-6,14,16H,1-2H3. The van der Waals surface area contributed by atoms with Crippen LogP contribution < -0.4 is 4.72 Å². The minimum atomic E-state index is -3.85. The normalized spacial score (nSPS) is 11.5. The van der Waals surface area contributed by atoms with E-state index >= 15 is 0 Å². The van der Waals surface area contributed by atoms with Crippen LogP contribution in [0.3, 0.4) is 0 Å². The second-order valence-electron chi connectivity index (χ2n) is 4.06. The van der Waals surface area contributed by atoms with Crippen molar-refractivity contribution in [3.8, 4) is 5.75 Å². The van der Waals surface area contributed by atoms with E-state index in [1.807, 2.05) is 0 Å². The first-order chi connectivity index (χ1) is 8.81.